The lowest BCUT2D eigenvalue weighted by atomic mass is 9.77. The summed E-state index contributed by atoms with van der Waals surface area (Å²) < 4.78 is 11.1. The van der Waals surface area contributed by atoms with Gasteiger partial charge < -0.3 is 50.3 Å². The van der Waals surface area contributed by atoms with Crippen molar-refractivity contribution in [3.05, 3.63) is 45.0 Å². The molecule has 0 radical (unpaired) electrons. The van der Waals surface area contributed by atoms with Crippen molar-refractivity contribution < 1.29 is 64.7 Å². The highest BCUT2D eigenvalue weighted by Gasteiger charge is 2.48. The number of carboxylic acids is 1. The normalized spacial score (nSPS) is 24.8. The Bertz CT molecular complexity index is 1400. The summed E-state index contributed by atoms with van der Waals surface area (Å²) in [6.07, 6.45) is -9.08. The van der Waals surface area contributed by atoms with Crippen molar-refractivity contribution in [1.29, 1.82) is 0 Å². The molecule has 210 valence electrons. The van der Waals surface area contributed by atoms with Crippen LogP contribution in [0.4, 0.5) is 0 Å². The molecule has 1 heterocycles. The fourth-order valence-electron chi connectivity index (χ4n) is 4.98. The van der Waals surface area contributed by atoms with E-state index in [4.69, 9.17) is 9.47 Å². The lowest BCUT2D eigenvalue weighted by molar-refractivity contribution is -0.232. The molecule has 1 saturated heterocycles. The number of phenolic OH excluding ortho intramolecular Hbond substituents is 3. The van der Waals surface area contributed by atoms with Crippen LogP contribution < -0.4 is 4.74 Å². The Morgan fingerprint density at radius 1 is 0.923 bits per heavy atom. The highest BCUT2D eigenvalue weighted by Crippen LogP contribution is 2.52. The first-order valence-electron chi connectivity index (χ1n) is 11.8. The fourth-order valence-corrected chi connectivity index (χ4v) is 4.98. The standard InChI is InChI=1S/C26H28O13/c1-7-11-8(5-9(12(7)25(36)37)39-26(2,3)4)16(28)13-14(18(11)30)19(31)15(21(33)20(13)32)24-23(35)22(34)17(29)10(6-27)38-24/h5,10,17,22-24,27,29,31-35H,6H2,1-4H3,(H,36,37)/t10-,17-,22+,23-,24?/m1/s1. The van der Waals surface area contributed by atoms with E-state index in [2.05, 4.69) is 0 Å². The first kappa shape index (κ1) is 28.3. The third-order valence-electron chi connectivity index (χ3n) is 6.73. The average molecular weight is 548 g/mol. The van der Waals surface area contributed by atoms with E-state index in [1.54, 1.807) is 20.8 Å². The molecular weight excluding hydrogens is 520 g/mol. The zero-order valence-electron chi connectivity index (χ0n) is 21.3. The summed E-state index contributed by atoms with van der Waals surface area (Å²) in [5.41, 5.74) is -4.61. The minimum atomic E-state index is -2.02. The van der Waals surface area contributed by atoms with Gasteiger partial charge in [-0.25, -0.2) is 4.79 Å². The summed E-state index contributed by atoms with van der Waals surface area (Å²) in [5, 5.41) is 82.8. The summed E-state index contributed by atoms with van der Waals surface area (Å²) in [7, 11) is 0. The zero-order valence-corrected chi connectivity index (χ0v) is 21.3. The molecule has 2 aromatic rings. The molecule has 0 spiro atoms. The van der Waals surface area contributed by atoms with Gasteiger partial charge in [0.05, 0.1) is 23.3 Å². The van der Waals surface area contributed by atoms with Crippen LogP contribution in [0.15, 0.2) is 6.07 Å². The number of rotatable bonds is 4. The molecule has 0 bridgehead atoms. The van der Waals surface area contributed by atoms with Crippen LogP contribution in [0.2, 0.25) is 0 Å². The number of aliphatic hydroxyl groups excluding tert-OH is 4. The Kier molecular flexibility index (Phi) is 6.86. The molecule has 1 unspecified atom stereocenters. The fraction of sp³-hybridized carbons (Fsp3) is 0.423. The minimum Gasteiger partial charge on any atom is -0.507 e. The number of aliphatic hydroxyl groups is 4. The largest absolute Gasteiger partial charge is 0.507 e. The number of phenols is 3. The molecule has 1 fully saturated rings. The monoisotopic (exact) mass is 548 g/mol. The molecular formula is C26H28O13. The lowest BCUT2D eigenvalue weighted by Gasteiger charge is -2.40. The summed E-state index contributed by atoms with van der Waals surface area (Å²) in [6.45, 7) is 5.33. The number of ether oxygens (including phenoxy) is 2. The Labute approximate surface area is 221 Å². The van der Waals surface area contributed by atoms with E-state index in [1.165, 1.54) is 6.92 Å². The first-order valence-corrected chi connectivity index (χ1v) is 11.8. The Balaban J connectivity index is 1.98. The van der Waals surface area contributed by atoms with Gasteiger partial charge >= 0.3 is 5.97 Å². The predicted octanol–water partition coefficient (Wildman–Crippen LogP) is 0.278. The Morgan fingerprint density at radius 3 is 2.05 bits per heavy atom. The molecule has 0 amide bonds. The third kappa shape index (κ3) is 4.28. The minimum absolute atomic E-state index is 0.162. The van der Waals surface area contributed by atoms with Gasteiger partial charge in [0.2, 0.25) is 0 Å². The maximum atomic E-state index is 13.7. The second-order valence-corrected chi connectivity index (χ2v) is 10.4. The molecule has 13 nitrogen and oxygen atoms in total. The molecule has 5 atom stereocenters. The van der Waals surface area contributed by atoms with Gasteiger partial charge in [0.25, 0.3) is 0 Å². The SMILES string of the molecule is Cc1c(C(=O)O)c(OC(C)(C)C)cc2c1C(=O)c1c(O)c(C3O[C@H](CO)[C@@H](O)[C@H](O)[C@H]3O)c(O)c(O)c1C2=O. The van der Waals surface area contributed by atoms with E-state index in [1.807, 2.05) is 0 Å². The number of benzene rings is 2. The van der Waals surface area contributed by atoms with Crippen LogP contribution >= 0.6 is 0 Å². The van der Waals surface area contributed by atoms with Gasteiger partial charge in [-0.1, -0.05) is 0 Å². The maximum Gasteiger partial charge on any atom is 0.339 e. The predicted molar refractivity (Wildman–Crippen MR) is 130 cm³/mol. The Morgan fingerprint density at radius 2 is 1.51 bits per heavy atom. The number of ketones is 2. The molecule has 0 saturated carbocycles. The molecule has 0 aromatic heterocycles. The van der Waals surface area contributed by atoms with E-state index in [0.29, 0.717) is 0 Å². The number of fused-ring (bicyclic) bond motifs is 2. The van der Waals surface area contributed by atoms with Gasteiger partial charge in [-0.2, -0.15) is 0 Å². The van der Waals surface area contributed by atoms with Crippen molar-refractivity contribution >= 4 is 17.5 Å². The molecule has 2 aliphatic rings. The van der Waals surface area contributed by atoms with E-state index >= 15 is 0 Å². The zero-order chi connectivity index (χ0) is 29.3. The van der Waals surface area contributed by atoms with Crippen LogP contribution in [-0.4, -0.2) is 95.0 Å². The highest BCUT2D eigenvalue weighted by atomic mass is 16.5. The van der Waals surface area contributed by atoms with Crippen molar-refractivity contribution in [2.45, 2.75) is 63.8 Å². The molecule has 4 rings (SSSR count). The summed E-state index contributed by atoms with van der Waals surface area (Å²) in [4.78, 5) is 39.4. The van der Waals surface area contributed by atoms with Crippen LogP contribution in [0.25, 0.3) is 0 Å². The molecule has 1 aliphatic carbocycles. The van der Waals surface area contributed by atoms with Crippen molar-refractivity contribution in [3.63, 3.8) is 0 Å². The number of carbonyl (C=O) groups excluding carboxylic acids is 2. The van der Waals surface area contributed by atoms with Crippen molar-refractivity contribution in [3.8, 4) is 23.0 Å². The molecule has 2 aromatic carbocycles. The van der Waals surface area contributed by atoms with E-state index in [0.717, 1.165) is 6.07 Å². The van der Waals surface area contributed by atoms with Crippen LogP contribution in [0.1, 0.15) is 80.2 Å². The van der Waals surface area contributed by atoms with E-state index in [-0.39, 0.29) is 16.9 Å². The second kappa shape index (κ2) is 9.47. The number of aromatic carboxylic acids is 1. The first-order chi connectivity index (χ1) is 18.0. The smallest absolute Gasteiger partial charge is 0.339 e. The number of hydrogen-bond acceptors (Lipinski definition) is 12. The number of carboxylic acid groups (broad SMARTS) is 1. The van der Waals surface area contributed by atoms with E-state index < -0.39 is 105 Å². The number of aromatic hydroxyl groups is 3. The van der Waals surface area contributed by atoms with Crippen molar-refractivity contribution in [2.75, 3.05) is 6.61 Å². The van der Waals surface area contributed by atoms with Crippen LogP contribution in [0, 0.1) is 6.92 Å². The molecule has 39 heavy (non-hydrogen) atoms. The maximum absolute atomic E-state index is 13.7. The van der Waals surface area contributed by atoms with Crippen LogP contribution in [0.3, 0.4) is 0 Å². The summed E-state index contributed by atoms with van der Waals surface area (Å²) in [6, 6.07) is 1.04. The molecule has 8 N–H and O–H groups in total. The van der Waals surface area contributed by atoms with Gasteiger partial charge in [0.15, 0.2) is 23.1 Å². The third-order valence-corrected chi connectivity index (χ3v) is 6.73. The van der Waals surface area contributed by atoms with E-state index in [9.17, 15) is 55.2 Å². The second-order valence-electron chi connectivity index (χ2n) is 10.4. The van der Waals surface area contributed by atoms with Gasteiger partial charge in [0, 0.05) is 11.1 Å². The highest BCUT2D eigenvalue weighted by molar-refractivity contribution is 6.31. The Hall–Kier alpha value is -3.75. The molecule has 1 aliphatic heterocycles. The number of hydrogen-bond donors (Lipinski definition) is 8. The van der Waals surface area contributed by atoms with Gasteiger partial charge in [-0.05, 0) is 39.3 Å². The summed E-state index contributed by atoms with van der Waals surface area (Å²) in [5.74, 6) is -7.22. The topological polar surface area (TPSA) is 232 Å². The number of carbonyl (C=O) groups is 3. The molecule has 13 heteroatoms. The van der Waals surface area contributed by atoms with Gasteiger partial charge in [-0.3, -0.25) is 9.59 Å². The van der Waals surface area contributed by atoms with Crippen molar-refractivity contribution in [1.82, 2.24) is 0 Å². The summed E-state index contributed by atoms with van der Waals surface area (Å²) >= 11 is 0. The lowest BCUT2D eigenvalue weighted by Crippen LogP contribution is -2.55. The quantitative estimate of drug-likeness (QED) is 0.162. The van der Waals surface area contributed by atoms with Gasteiger partial charge in [-0.15, -0.1) is 0 Å². The average Bonchev–Trinajstić information content (AvgIpc) is 2.83. The van der Waals surface area contributed by atoms with Gasteiger partial charge in [0.1, 0.15) is 53.2 Å². The van der Waals surface area contributed by atoms with Crippen LogP contribution in [-0.2, 0) is 4.74 Å². The van der Waals surface area contributed by atoms with Crippen LogP contribution in [0.5, 0.6) is 23.0 Å². The van der Waals surface area contributed by atoms with Crippen molar-refractivity contribution in [2.24, 2.45) is 0 Å².